The summed E-state index contributed by atoms with van der Waals surface area (Å²) >= 11 is 0. The van der Waals surface area contributed by atoms with Crippen molar-refractivity contribution in [3.05, 3.63) is 18.0 Å². The van der Waals surface area contributed by atoms with Crippen LogP contribution < -0.4 is 5.32 Å². The van der Waals surface area contributed by atoms with E-state index in [0.717, 1.165) is 19.5 Å². The standard InChI is InChI=1S/C12H23N3O/c1-10(16)5-12(2,3)9-13-6-11-7-14-15(4)8-11/h7-8,10,13,16H,5-6,9H2,1-4H3. The monoisotopic (exact) mass is 225 g/mol. The smallest absolute Gasteiger partial charge is 0.0534 e. The number of rotatable bonds is 6. The zero-order valence-electron chi connectivity index (χ0n) is 10.7. The van der Waals surface area contributed by atoms with Gasteiger partial charge in [-0.15, -0.1) is 0 Å². The molecule has 16 heavy (non-hydrogen) atoms. The molecule has 1 unspecified atom stereocenters. The van der Waals surface area contributed by atoms with Crippen molar-refractivity contribution in [1.29, 1.82) is 0 Å². The lowest BCUT2D eigenvalue weighted by Crippen LogP contribution is -2.31. The molecule has 1 aromatic heterocycles. The van der Waals surface area contributed by atoms with Crippen molar-refractivity contribution < 1.29 is 5.11 Å². The second-order valence-electron chi connectivity index (χ2n) is 5.34. The van der Waals surface area contributed by atoms with Crippen molar-refractivity contribution in [2.24, 2.45) is 12.5 Å². The van der Waals surface area contributed by atoms with Gasteiger partial charge in [0.25, 0.3) is 0 Å². The molecule has 92 valence electrons. The summed E-state index contributed by atoms with van der Waals surface area (Å²) in [6, 6.07) is 0. The van der Waals surface area contributed by atoms with Gasteiger partial charge in [-0.05, 0) is 18.8 Å². The van der Waals surface area contributed by atoms with Crippen LogP contribution in [-0.2, 0) is 13.6 Å². The van der Waals surface area contributed by atoms with Crippen LogP contribution in [0.4, 0.5) is 0 Å². The molecule has 0 amide bonds. The Kier molecular flexibility index (Phi) is 4.50. The molecular formula is C12H23N3O. The van der Waals surface area contributed by atoms with Gasteiger partial charge in [0.15, 0.2) is 0 Å². The molecule has 4 heteroatoms. The summed E-state index contributed by atoms with van der Waals surface area (Å²) in [6.07, 6.45) is 4.45. The third-order valence-electron chi connectivity index (χ3n) is 2.54. The molecule has 0 aromatic carbocycles. The van der Waals surface area contributed by atoms with Crippen LogP contribution in [0.1, 0.15) is 32.8 Å². The van der Waals surface area contributed by atoms with Gasteiger partial charge in [-0.3, -0.25) is 4.68 Å². The van der Waals surface area contributed by atoms with Crippen LogP contribution in [0.5, 0.6) is 0 Å². The van der Waals surface area contributed by atoms with Gasteiger partial charge in [-0.1, -0.05) is 13.8 Å². The largest absolute Gasteiger partial charge is 0.393 e. The highest BCUT2D eigenvalue weighted by atomic mass is 16.3. The van der Waals surface area contributed by atoms with E-state index in [9.17, 15) is 5.11 Å². The molecule has 0 saturated carbocycles. The minimum Gasteiger partial charge on any atom is -0.393 e. The van der Waals surface area contributed by atoms with Gasteiger partial charge in [0.2, 0.25) is 0 Å². The first-order chi connectivity index (χ1) is 7.39. The number of aliphatic hydroxyl groups is 1. The molecule has 2 N–H and O–H groups in total. The van der Waals surface area contributed by atoms with E-state index in [1.54, 1.807) is 4.68 Å². The fraction of sp³-hybridized carbons (Fsp3) is 0.750. The van der Waals surface area contributed by atoms with Crippen molar-refractivity contribution in [3.63, 3.8) is 0 Å². The maximum Gasteiger partial charge on any atom is 0.0534 e. The van der Waals surface area contributed by atoms with Crippen LogP contribution >= 0.6 is 0 Å². The second kappa shape index (κ2) is 5.46. The number of nitrogens with zero attached hydrogens (tertiary/aromatic N) is 2. The Morgan fingerprint density at radius 2 is 2.25 bits per heavy atom. The third-order valence-corrected chi connectivity index (χ3v) is 2.54. The van der Waals surface area contributed by atoms with E-state index < -0.39 is 0 Å². The van der Waals surface area contributed by atoms with Gasteiger partial charge in [0.1, 0.15) is 0 Å². The lowest BCUT2D eigenvalue weighted by atomic mass is 9.87. The molecule has 0 fully saturated rings. The molecule has 0 bridgehead atoms. The number of aliphatic hydroxyl groups excluding tert-OH is 1. The fourth-order valence-corrected chi connectivity index (χ4v) is 1.98. The summed E-state index contributed by atoms with van der Waals surface area (Å²) in [4.78, 5) is 0. The number of hydrogen-bond donors (Lipinski definition) is 2. The lowest BCUT2D eigenvalue weighted by molar-refractivity contribution is 0.128. The molecule has 4 nitrogen and oxygen atoms in total. The maximum atomic E-state index is 9.37. The molecule has 0 spiro atoms. The molecule has 1 rings (SSSR count). The van der Waals surface area contributed by atoms with Crippen LogP contribution in [0.3, 0.4) is 0 Å². The predicted octanol–water partition coefficient (Wildman–Crippen LogP) is 1.31. The summed E-state index contributed by atoms with van der Waals surface area (Å²) in [5, 5.41) is 16.9. The highest BCUT2D eigenvalue weighted by Crippen LogP contribution is 2.21. The Balaban J connectivity index is 2.29. The van der Waals surface area contributed by atoms with Gasteiger partial charge in [-0.25, -0.2) is 0 Å². The normalized spacial score (nSPS) is 14.1. The van der Waals surface area contributed by atoms with Gasteiger partial charge in [0.05, 0.1) is 12.3 Å². The zero-order chi connectivity index (χ0) is 12.2. The van der Waals surface area contributed by atoms with Crippen molar-refractivity contribution in [2.45, 2.75) is 39.8 Å². The van der Waals surface area contributed by atoms with Gasteiger partial charge in [-0.2, -0.15) is 5.10 Å². The SMILES string of the molecule is CC(O)CC(C)(C)CNCc1cnn(C)c1. The first kappa shape index (κ1) is 13.2. The quantitative estimate of drug-likeness (QED) is 0.767. The third kappa shape index (κ3) is 4.77. The van der Waals surface area contributed by atoms with E-state index in [-0.39, 0.29) is 11.5 Å². The van der Waals surface area contributed by atoms with Crippen molar-refractivity contribution in [2.75, 3.05) is 6.54 Å². The summed E-state index contributed by atoms with van der Waals surface area (Å²) < 4.78 is 1.80. The Bertz CT molecular complexity index is 318. The Hall–Kier alpha value is -0.870. The van der Waals surface area contributed by atoms with E-state index in [0.29, 0.717) is 0 Å². The summed E-state index contributed by atoms with van der Waals surface area (Å²) in [7, 11) is 1.92. The molecule has 0 saturated heterocycles. The maximum absolute atomic E-state index is 9.37. The highest BCUT2D eigenvalue weighted by molar-refractivity contribution is 5.02. The van der Waals surface area contributed by atoms with Crippen molar-refractivity contribution in [3.8, 4) is 0 Å². The number of aryl methyl sites for hydroxylation is 1. The predicted molar refractivity (Wildman–Crippen MR) is 65.0 cm³/mol. The van der Waals surface area contributed by atoms with Crippen LogP contribution in [0.15, 0.2) is 12.4 Å². The topological polar surface area (TPSA) is 50.1 Å². The molecule has 0 aliphatic carbocycles. The first-order valence-electron chi connectivity index (χ1n) is 5.75. The van der Waals surface area contributed by atoms with Crippen molar-refractivity contribution in [1.82, 2.24) is 15.1 Å². The van der Waals surface area contributed by atoms with E-state index in [1.807, 2.05) is 26.4 Å². The Labute approximate surface area is 97.7 Å². The Morgan fingerprint density at radius 1 is 1.56 bits per heavy atom. The molecule has 0 radical (unpaired) electrons. The highest BCUT2D eigenvalue weighted by Gasteiger charge is 2.19. The Morgan fingerprint density at radius 3 is 2.75 bits per heavy atom. The molecule has 0 aliphatic heterocycles. The van der Waals surface area contributed by atoms with Crippen LogP contribution in [0, 0.1) is 5.41 Å². The van der Waals surface area contributed by atoms with Crippen LogP contribution in [0.2, 0.25) is 0 Å². The molecule has 1 heterocycles. The van der Waals surface area contributed by atoms with Gasteiger partial charge >= 0.3 is 0 Å². The molecule has 0 aliphatic rings. The summed E-state index contributed by atoms with van der Waals surface area (Å²) in [5.41, 5.74) is 1.31. The van der Waals surface area contributed by atoms with E-state index in [2.05, 4.69) is 24.3 Å². The first-order valence-corrected chi connectivity index (χ1v) is 5.75. The second-order valence-corrected chi connectivity index (χ2v) is 5.34. The average molecular weight is 225 g/mol. The number of hydrogen-bond acceptors (Lipinski definition) is 3. The van der Waals surface area contributed by atoms with Gasteiger partial charge in [0, 0.05) is 31.9 Å². The number of aromatic nitrogens is 2. The van der Waals surface area contributed by atoms with Crippen LogP contribution in [-0.4, -0.2) is 27.5 Å². The summed E-state index contributed by atoms with van der Waals surface area (Å²) in [5.74, 6) is 0. The van der Waals surface area contributed by atoms with Gasteiger partial charge < -0.3 is 10.4 Å². The average Bonchev–Trinajstić information content (AvgIpc) is 2.48. The zero-order valence-corrected chi connectivity index (χ0v) is 10.7. The van der Waals surface area contributed by atoms with Crippen molar-refractivity contribution >= 4 is 0 Å². The lowest BCUT2D eigenvalue weighted by Gasteiger charge is -2.26. The molecule has 1 aromatic rings. The summed E-state index contributed by atoms with van der Waals surface area (Å²) in [6.45, 7) is 7.89. The van der Waals surface area contributed by atoms with Crippen LogP contribution in [0.25, 0.3) is 0 Å². The fourth-order valence-electron chi connectivity index (χ4n) is 1.98. The van der Waals surface area contributed by atoms with E-state index in [1.165, 1.54) is 5.56 Å². The van der Waals surface area contributed by atoms with E-state index >= 15 is 0 Å². The minimum absolute atomic E-state index is 0.121. The minimum atomic E-state index is -0.241. The number of nitrogens with one attached hydrogen (secondary N) is 1. The molecule has 1 atom stereocenters. The molecular weight excluding hydrogens is 202 g/mol. The van der Waals surface area contributed by atoms with E-state index in [4.69, 9.17) is 0 Å².